The number of pyridine rings is 1. The third-order valence-electron chi connectivity index (χ3n) is 5.17. The lowest BCUT2D eigenvalue weighted by molar-refractivity contribution is 0.0267. The number of piperidine rings is 1. The Morgan fingerprint density at radius 2 is 1.90 bits per heavy atom. The molecule has 4 rings (SSSR count). The second-order valence-corrected chi connectivity index (χ2v) is 7.56. The molecule has 1 aliphatic rings. The van der Waals surface area contributed by atoms with Crippen LogP contribution in [0, 0.1) is 5.82 Å². The molecule has 0 spiro atoms. The molecule has 0 radical (unpaired) electrons. The van der Waals surface area contributed by atoms with Crippen LogP contribution in [0.15, 0.2) is 55.0 Å². The second kappa shape index (κ2) is 8.75. The highest BCUT2D eigenvalue weighted by atomic mass is 35.5. The normalized spacial score (nSPS) is 18.8. The Kier molecular flexibility index (Phi) is 5.90. The third kappa shape index (κ3) is 4.26. The van der Waals surface area contributed by atoms with Crippen LogP contribution >= 0.6 is 11.6 Å². The van der Waals surface area contributed by atoms with Gasteiger partial charge >= 0.3 is 0 Å². The van der Waals surface area contributed by atoms with E-state index < -0.39 is 5.82 Å². The zero-order chi connectivity index (χ0) is 21.1. The first-order chi connectivity index (χ1) is 14.5. The van der Waals surface area contributed by atoms with Gasteiger partial charge in [0.15, 0.2) is 11.6 Å². The maximum atomic E-state index is 13.4. The van der Waals surface area contributed by atoms with Crippen molar-refractivity contribution in [1.29, 1.82) is 0 Å². The summed E-state index contributed by atoms with van der Waals surface area (Å²) in [6.07, 6.45) is 5.16. The Hall–Kier alpha value is -3.06. The molecule has 3 aromatic rings. The molecule has 30 heavy (non-hydrogen) atoms. The smallest absolute Gasteiger partial charge is 0.254 e. The first kappa shape index (κ1) is 20.2. The van der Waals surface area contributed by atoms with E-state index in [1.165, 1.54) is 6.20 Å². The maximum absolute atomic E-state index is 13.4. The van der Waals surface area contributed by atoms with Crippen molar-refractivity contribution in [2.24, 2.45) is 0 Å². The Morgan fingerprint density at radius 1 is 1.13 bits per heavy atom. The molecule has 1 fully saturated rings. The number of likely N-dealkylation sites (tertiary alicyclic amines) is 1. The van der Waals surface area contributed by atoms with Gasteiger partial charge < -0.3 is 9.64 Å². The highest BCUT2D eigenvalue weighted by molar-refractivity contribution is 6.30. The summed E-state index contributed by atoms with van der Waals surface area (Å²) in [7, 11) is 0. The largest absolute Gasteiger partial charge is 0.472 e. The zero-order valence-electron chi connectivity index (χ0n) is 16.3. The molecule has 1 saturated heterocycles. The molecule has 2 aromatic heterocycles. The van der Waals surface area contributed by atoms with Gasteiger partial charge in [-0.1, -0.05) is 29.8 Å². The lowest BCUT2D eigenvalue weighted by Gasteiger charge is -2.39. The van der Waals surface area contributed by atoms with Crippen molar-refractivity contribution in [2.45, 2.75) is 31.9 Å². The Labute approximate surface area is 178 Å². The number of hydrogen-bond donors (Lipinski definition) is 0. The van der Waals surface area contributed by atoms with E-state index in [4.69, 9.17) is 16.3 Å². The van der Waals surface area contributed by atoms with Crippen molar-refractivity contribution in [1.82, 2.24) is 19.9 Å². The average Bonchev–Trinajstić information content (AvgIpc) is 2.77. The van der Waals surface area contributed by atoms with E-state index in [1.807, 2.05) is 6.92 Å². The molecule has 6 nitrogen and oxygen atoms in total. The second-order valence-electron chi connectivity index (χ2n) is 7.12. The molecule has 154 valence electrons. The molecule has 2 atom stereocenters. The molecule has 3 heterocycles. The number of aromatic nitrogens is 3. The van der Waals surface area contributed by atoms with E-state index in [2.05, 4.69) is 15.0 Å². The monoisotopic (exact) mass is 426 g/mol. The molecule has 1 aromatic carbocycles. The van der Waals surface area contributed by atoms with E-state index in [0.29, 0.717) is 34.4 Å². The quantitative estimate of drug-likeness (QED) is 0.618. The average molecular weight is 427 g/mol. The summed E-state index contributed by atoms with van der Waals surface area (Å²) < 4.78 is 19.3. The van der Waals surface area contributed by atoms with Crippen LogP contribution in [0.5, 0.6) is 5.88 Å². The van der Waals surface area contributed by atoms with Gasteiger partial charge in [-0.3, -0.25) is 4.79 Å². The molecule has 8 heteroatoms. The SMILES string of the molecule is C[C@H]1[C@H](Oc2ccc(Cl)cn2)CCCN1C(=O)c1ccccc1-c1ncc(F)cn1. The van der Waals surface area contributed by atoms with Gasteiger partial charge in [-0.15, -0.1) is 0 Å². The Morgan fingerprint density at radius 3 is 2.63 bits per heavy atom. The van der Waals surface area contributed by atoms with Crippen LogP contribution in [0.2, 0.25) is 5.02 Å². The van der Waals surface area contributed by atoms with Crippen molar-refractivity contribution in [3.05, 3.63) is 71.4 Å². The van der Waals surface area contributed by atoms with Crippen LogP contribution in [0.25, 0.3) is 11.4 Å². The fourth-order valence-corrected chi connectivity index (χ4v) is 3.72. The molecule has 0 unspecified atom stereocenters. The molecule has 0 N–H and O–H groups in total. The van der Waals surface area contributed by atoms with Crippen molar-refractivity contribution in [3.63, 3.8) is 0 Å². The van der Waals surface area contributed by atoms with Crippen LogP contribution < -0.4 is 4.74 Å². The van der Waals surface area contributed by atoms with E-state index >= 15 is 0 Å². The predicted octanol–water partition coefficient (Wildman–Crippen LogP) is 4.40. The number of rotatable bonds is 4. The topological polar surface area (TPSA) is 68.2 Å². The van der Waals surface area contributed by atoms with Crippen LogP contribution in [0.4, 0.5) is 4.39 Å². The van der Waals surface area contributed by atoms with Gasteiger partial charge in [-0.05, 0) is 31.9 Å². The number of amides is 1. The number of nitrogens with zero attached hydrogens (tertiary/aromatic N) is 4. The van der Waals surface area contributed by atoms with Crippen LogP contribution in [0.1, 0.15) is 30.1 Å². The van der Waals surface area contributed by atoms with Crippen LogP contribution in [-0.2, 0) is 0 Å². The number of benzene rings is 1. The van der Waals surface area contributed by atoms with Crippen LogP contribution in [-0.4, -0.2) is 44.4 Å². The molecule has 0 saturated carbocycles. The Bertz CT molecular complexity index is 1030. The molecule has 1 aliphatic heterocycles. The number of ether oxygens (including phenoxy) is 1. The van der Waals surface area contributed by atoms with E-state index in [9.17, 15) is 9.18 Å². The summed E-state index contributed by atoms with van der Waals surface area (Å²) in [6, 6.07) is 10.4. The molecular formula is C22H20ClFN4O2. The summed E-state index contributed by atoms with van der Waals surface area (Å²) >= 11 is 5.89. The fraction of sp³-hybridized carbons (Fsp3) is 0.273. The first-order valence-corrected chi connectivity index (χ1v) is 10.1. The Balaban J connectivity index is 1.57. The van der Waals surface area contributed by atoms with E-state index in [-0.39, 0.29) is 18.1 Å². The number of hydrogen-bond acceptors (Lipinski definition) is 5. The van der Waals surface area contributed by atoms with Crippen LogP contribution in [0.3, 0.4) is 0 Å². The van der Waals surface area contributed by atoms with Gasteiger partial charge in [0, 0.05) is 24.4 Å². The lowest BCUT2D eigenvalue weighted by atomic mass is 9.97. The number of carbonyl (C=O) groups is 1. The van der Waals surface area contributed by atoms with Gasteiger partial charge in [-0.25, -0.2) is 19.3 Å². The summed E-state index contributed by atoms with van der Waals surface area (Å²) in [6.45, 7) is 2.58. The van der Waals surface area contributed by atoms with Crippen molar-refractivity contribution >= 4 is 17.5 Å². The lowest BCUT2D eigenvalue weighted by Crippen LogP contribution is -2.51. The summed E-state index contributed by atoms with van der Waals surface area (Å²) in [5.74, 6) is 0.125. The molecule has 0 bridgehead atoms. The van der Waals surface area contributed by atoms with Crippen molar-refractivity contribution < 1.29 is 13.9 Å². The summed E-state index contributed by atoms with van der Waals surface area (Å²) in [5, 5.41) is 0.537. The van der Waals surface area contributed by atoms with Crippen molar-refractivity contribution in [2.75, 3.05) is 6.54 Å². The highest BCUT2D eigenvalue weighted by Gasteiger charge is 2.34. The van der Waals surface area contributed by atoms with Gasteiger partial charge in [0.2, 0.25) is 5.88 Å². The zero-order valence-corrected chi connectivity index (χ0v) is 17.1. The standard InChI is InChI=1S/C22H20ClFN4O2/c1-14-19(30-20-9-8-15(23)11-25-20)7-4-10-28(14)22(29)18-6-3-2-5-17(18)21-26-12-16(24)13-27-21/h2-3,5-6,8-9,11-14,19H,4,7,10H2,1H3/t14-,19+/m0/s1. The number of carbonyl (C=O) groups excluding carboxylic acids is 1. The minimum Gasteiger partial charge on any atom is -0.472 e. The van der Waals surface area contributed by atoms with Gasteiger partial charge in [0.05, 0.1) is 29.0 Å². The number of halogens is 2. The fourth-order valence-electron chi connectivity index (χ4n) is 3.61. The molecule has 1 amide bonds. The maximum Gasteiger partial charge on any atom is 0.254 e. The van der Waals surface area contributed by atoms with E-state index in [1.54, 1.807) is 41.3 Å². The first-order valence-electron chi connectivity index (χ1n) is 9.69. The summed E-state index contributed by atoms with van der Waals surface area (Å²) in [5.41, 5.74) is 1.04. The highest BCUT2D eigenvalue weighted by Crippen LogP contribution is 2.27. The third-order valence-corrected chi connectivity index (χ3v) is 5.39. The minimum absolute atomic E-state index is 0.136. The van der Waals surface area contributed by atoms with E-state index in [0.717, 1.165) is 25.2 Å². The van der Waals surface area contributed by atoms with Gasteiger partial charge in [0.25, 0.3) is 5.91 Å². The van der Waals surface area contributed by atoms with Gasteiger partial charge in [0.1, 0.15) is 6.10 Å². The molecular weight excluding hydrogens is 407 g/mol. The van der Waals surface area contributed by atoms with Crippen molar-refractivity contribution in [3.8, 4) is 17.3 Å². The molecule has 0 aliphatic carbocycles. The van der Waals surface area contributed by atoms with Gasteiger partial charge in [-0.2, -0.15) is 0 Å². The summed E-state index contributed by atoms with van der Waals surface area (Å²) in [4.78, 5) is 27.5. The predicted molar refractivity (Wildman–Crippen MR) is 111 cm³/mol. The minimum atomic E-state index is -0.525.